The molecule has 1 saturated heterocycles. The molecule has 0 spiro atoms. The second-order valence-corrected chi connectivity index (χ2v) is 6.26. The molecular weight excluding hydrogens is 310 g/mol. The Morgan fingerprint density at radius 1 is 1.13 bits per heavy atom. The lowest BCUT2D eigenvalue weighted by Crippen LogP contribution is -2.29. The van der Waals surface area contributed by atoms with Gasteiger partial charge < -0.3 is 14.4 Å². The fourth-order valence-corrected chi connectivity index (χ4v) is 3.62. The molecule has 0 saturated carbocycles. The fraction of sp³-hybridized carbons (Fsp3) is 0.278. The van der Waals surface area contributed by atoms with Crippen molar-refractivity contribution in [2.45, 2.75) is 12.6 Å². The summed E-state index contributed by atoms with van der Waals surface area (Å²) in [5.74, 6) is 1.53. The number of rotatable bonds is 6. The maximum Gasteiger partial charge on any atom is 0.284 e. The molecule has 120 valence electrons. The molecule has 23 heavy (non-hydrogen) atoms. The highest BCUT2D eigenvalue weighted by molar-refractivity contribution is 8.13. The summed E-state index contributed by atoms with van der Waals surface area (Å²) in [5, 5.41) is 0.0507. The summed E-state index contributed by atoms with van der Waals surface area (Å²) >= 11 is 1.32. The summed E-state index contributed by atoms with van der Waals surface area (Å²) in [4.78, 5) is 13.8. The van der Waals surface area contributed by atoms with Gasteiger partial charge in [-0.15, -0.1) is 0 Å². The molecule has 1 aliphatic rings. The molecule has 3 rings (SSSR count). The Kier molecular flexibility index (Phi) is 5.20. The minimum Gasteiger partial charge on any atom is -0.489 e. The first-order valence-corrected chi connectivity index (χ1v) is 8.46. The third-order valence-electron chi connectivity index (χ3n) is 3.76. The highest BCUT2D eigenvalue weighted by atomic mass is 32.2. The van der Waals surface area contributed by atoms with Crippen molar-refractivity contribution >= 4 is 17.0 Å². The molecule has 4 nitrogen and oxygen atoms in total. The number of hydrogen-bond acceptors (Lipinski definition) is 4. The van der Waals surface area contributed by atoms with E-state index in [1.54, 1.807) is 12.0 Å². The molecule has 1 heterocycles. The standard InChI is InChI=1S/C18H19NO3S/c1-21-13-19-16(12-23-18(19)20)15-9-5-6-10-17(15)22-11-14-7-3-2-4-8-14/h2-10,16H,11-13H2,1H3. The van der Waals surface area contributed by atoms with E-state index in [4.69, 9.17) is 9.47 Å². The van der Waals surface area contributed by atoms with Crippen LogP contribution in [0.1, 0.15) is 17.2 Å². The smallest absolute Gasteiger partial charge is 0.284 e. The van der Waals surface area contributed by atoms with Crippen LogP contribution in [0.3, 0.4) is 0 Å². The summed E-state index contributed by atoms with van der Waals surface area (Å²) in [6, 6.07) is 17.9. The molecule has 0 aromatic heterocycles. The Balaban J connectivity index is 1.79. The SMILES string of the molecule is COCN1C(=O)SCC1c1ccccc1OCc1ccccc1. The van der Waals surface area contributed by atoms with Crippen LogP contribution in [0.15, 0.2) is 54.6 Å². The average Bonchev–Trinajstić information content (AvgIpc) is 2.95. The molecular formula is C18H19NO3S. The van der Waals surface area contributed by atoms with Gasteiger partial charge in [-0.3, -0.25) is 4.79 Å². The molecule has 1 unspecified atom stereocenters. The molecule has 0 radical (unpaired) electrons. The van der Waals surface area contributed by atoms with Crippen LogP contribution < -0.4 is 4.74 Å². The zero-order valence-corrected chi connectivity index (χ0v) is 13.8. The third-order valence-corrected chi connectivity index (χ3v) is 4.72. The van der Waals surface area contributed by atoms with Gasteiger partial charge in [0.1, 0.15) is 19.1 Å². The first-order valence-electron chi connectivity index (χ1n) is 7.47. The number of thioether (sulfide) groups is 1. The van der Waals surface area contributed by atoms with Crippen molar-refractivity contribution in [3.8, 4) is 5.75 Å². The predicted molar refractivity (Wildman–Crippen MR) is 91.5 cm³/mol. The lowest BCUT2D eigenvalue weighted by atomic mass is 10.1. The number of carbonyl (C=O) groups excluding carboxylic acids is 1. The van der Waals surface area contributed by atoms with Crippen molar-refractivity contribution in [1.29, 1.82) is 0 Å². The minimum atomic E-state index is -0.0144. The third kappa shape index (κ3) is 3.68. The van der Waals surface area contributed by atoms with Gasteiger partial charge in [-0.1, -0.05) is 60.3 Å². The minimum absolute atomic E-state index is 0.0144. The first-order chi connectivity index (χ1) is 11.3. The van der Waals surface area contributed by atoms with Gasteiger partial charge in [0.05, 0.1) is 6.04 Å². The second-order valence-electron chi connectivity index (χ2n) is 5.29. The number of ether oxygens (including phenoxy) is 2. The van der Waals surface area contributed by atoms with E-state index in [1.165, 1.54) is 11.8 Å². The van der Waals surface area contributed by atoms with Crippen molar-refractivity contribution < 1.29 is 14.3 Å². The number of hydrogen-bond donors (Lipinski definition) is 0. The summed E-state index contributed by atoms with van der Waals surface area (Å²) in [6.07, 6.45) is 0. The van der Waals surface area contributed by atoms with E-state index in [0.717, 1.165) is 16.9 Å². The highest BCUT2D eigenvalue weighted by Crippen LogP contribution is 2.38. The molecule has 2 aromatic carbocycles. The summed E-state index contributed by atoms with van der Waals surface area (Å²) < 4.78 is 11.2. The Morgan fingerprint density at radius 2 is 1.87 bits per heavy atom. The molecule has 0 aliphatic carbocycles. The predicted octanol–water partition coefficient (Wildman–Crippen LogP) is 4.08. The molecule has 1 fully saturated rings. The Morgan fingerprint density at radius 3 is 2.65 bits per heavy atom. The number of para-hydroxylation sites is 1. The van der Waals surface area contributed by atoms with Gasteiger partial charge in [-0.25, -0.2) is 0 Å². The van der Waals surface area contributed by atoms with Crippen LogP contribution in [0.5, 0.6) is 5.75 Å². The normalized spacial score (nSPS) is 17.5. The van der Waals surface area contributed by atoms with Crippen molar-refractivity contribution in [3.05, 3.63) is 65.7 Å². The average molecular weight is 329 g/mol. The van der Waals surface area contributed by atoms with Crippen LogP contribution in [0.25, 0.3) is 0 Å². The van der Waals surface area contributed by atoms with Gasteiger partial charge in [0.25, 0.3) is 5.24 Å². The molecule has 2 aromatic rings. The fourth-order valence-electron chi connectivity index (χ4n) is 2.61. The molecule has 0 bridgehead atoms. The van der Waals surface area contributed by atoms with Gasteiger partial charge in [-0.05, 0) is 11.6 Å². The van der Waals surface area contributed by atoms with Gasteiger partial charge in [0.2, 0.25) is 0 Å². The summed E-state index contributed by atoms with van der Waals surface area (Å²) in [7, 11) is 1.60. The second kappa shape index (κ2) is 7.53. The van der Waals surface area contributed by atoms with E-state index in [9.17, 15) is 4.79 Å². The van der Waals surface area contributed by atoms with E-state index >= 15 is 0 Å². The van der Waals surface area contributed by atoms with Crippen LogP contribution in [-0.4, -0.2) is 29.7 Å². The first kappa shape index (κ1) is 15.9. The molecule has 1 atom stereocenters. The number of methoxy groups -OCH3 is 1. The largest absolute Gasteiger partial charge is 0.489 e. The van der Waals surface area contributed by atoms with E-state index in [2.05, 4.69) is 0 Å². The van der Waals surface area contributed by atoms with Gasteiger partial charge in [0, 0.05) is 18.4 Å². The van der Waals surface area contributed by atoms with E-state index in [-0.39, 0.29) is 11.3 Å². The van der Waals surface area contributed by atoms with Crippen molar-refractivity contribution in [2.75, 3.05) is 19.6 Å². The summed E-state index contributed by atoms with van der Waals surface area (Å²) in [5.41, 5.74) is 2.15. The monoisotopic (exact) mass is 329 g/mol. The maximum atomic E-state index is 12.0. The lowest BCUT2D eigenvalue weighted by molar-refractivity contribution is 0.0760. The van der Waals surface area contributed by atoms with Crippen molar-refractivity contribution in [2.24, 2.45) is 0 Å². The van der Waals surface area contributed by atoms with Crippen LogP contribution >= 0.6 is 11.8 Å². The number of amides is 1. The van der Waals surface area contributed by atoms with Gasteiger partial charge in [0.15, 0.2) is 0 Å². The molecule has 5 heteroatoms. The number of nitrogens with zero attached hydrogens (tertiary/aromatic N) is 1. The Bertz CT molecular complexity index is 662. The Hall–Kier alpha value is -1.98. The Labute approximate surface area is 140 Å². The number of carbonyl (C=O) groups is 1. The van der Waals surface area contributed by atoms with Crippen LogP contribution in [-0.2, 0) is 11.3 Å². The topological polar surface area (TPSA) is 38.8 Å². The van der Waals surface area contributed by atoms with E-state index in [1.807, 2.05) is 54.6 Å². The van der Waals surface area contributed by atoms with Gasteiger partial charge >= 0.3 is 0 Å². The van der Waals surface area contributed by atoms with Crippen molar-refractivity contribution in [1.82, 2.24) is 4.90 Å². The van der Waals surface area contributed by atoms with Crippen LogP contribution in [0.2, 0.25) is 0 Å². The van der Waals surface area contributed by atoms with E-state index in [0.29, 0.717) is 19.1 Å². The maximum absolute atomic E-state index is 12.0. The zero-order valence-electron chi connectivity index (χ0n) is 13.0. The van der Waals surface area contributed by atoms with Gasteiger partial charge in [-0.2, -0.15) is 0 Å². The lowest BCUT2D eigenvalue weighted by Gasteiger charge is -2.25. The van der Waals surface area contributed by atoms with Crippen LogP contribution in [0.4, 0.5) is 4.79 Å². The molecule has 0 N–H and O–H groups in total. The van der Waals surface area contributed by atoms with Crippen LogP contribution in [0, 0.1) is 0 Å². The number of benzene rings is 2. The summed E-state index contributed by atoms with van der Waals surface area (Å²) in [6.45, 7) is 0.805. The molecule has 1 aliphatic heterocycles. The highest BCUT2D eigenvalue weighted by Gasteiger charge is 2.34. The zero-order chi connectivity index (χ0) is 16.1. The molecule has 1 amide bonds. The van der Waals surface area contributed by atoms with Crippen molar-refractivity contribution in [3.63, 3.8) is 0 Å². The quantitative estimate of drug-likeness (QED) is 0.800. The van der Waals surface area contributed by atoms with E-state index < -0.39 is 0 Å².